The molecule has 2 fully saturated rings. The largest absolute Gasteiger partial charge is 0.381 e. The van der Waals surface area contributed by atoms with E-state index >= 15 is 0 Å². The molecule has 2 aliphatic carbocycles. The Labute approximate surface area is 135 Å². The fourth-order valence-electron chi connectivity index (χ4n) is 3.87. The summed E-state index contributed by atoms with van der Waals surface area (Å²) in [5.41, 5.74) is 6.05. The van der Waals surface area contributed by atoms with Crippen molar-refractivity contribution in [2.24, 2.45) is 16.6 Å². The zero-order valence-corrected chi connectivity index (χ0v) is 14.4. The maximum absolute atomic E-state index is 12.4. The predicted molar refractivity (Wildman–Crippen MR) is 87.6 cm³/mol. The van der Waals surface area contributed by atoms with Gasteiger partial charge in [-0.15, -0.1) is 12.4 Å². The minimum absolute atomic E-state index is 0. The van der Waals surface area contributed by atoms with E-state index in [9.17, 15) is 4.79 Å². The quantitative estimate of drug-likeness (QED) is 0.819. The van der Waals surface area contributed by atoms with E-state index in [2.05, 4.69) is 19.2 Å². The van der Waals surface area contributed by atoms with Crippen molar-refractivity contribution in [1.29, 1.82) is 0 Å². The van der Waals surface area contributed by atoms with Crippen molar-refractivity contribution in [2.45, 2.75) is 70.9 Å². The lowest BCUT2D eigenvalue weighted by Gasteiger charge is -2.51. The highest BCUT2D eigenvalue weighted by molar-refractivity contribution is 5.85. The van der Waals surface area contributed by atoms with Crippen LogP contribution in [0.5, 0.6) is 0 Å². The van der Waals surface area contributed by atoms with Gasteiger partial charge < -0.3 is 15.8 Å². The lowest BCUT2D eigenvalue weighted by atomic mass is 9.64. The van der Waals surface area contributed by atoms with Gasteiger partial charge in [0.15, 0.2) is 0 Å². The molecule has 0 heterocycles. The van der Waals surface area contributed by atoms with E-state index in [1.807, 2.05) is 0 Å². The molecule has 2 saturated carbocycles. The Morgan fingerprint density at radius 2 is 1.90 bits per heavy atom. The van der Waals surface area contributed by atoms with Crippen molar-refractivity contribution in [3.63, 3.8) is 0 Å². The highest BCUT2D eigenvalue weighted by Crippen LogP contribution is 2.43. The molecule has 2 unspecified atom stereocenters. The number of hydrogen-bond acceptors (Lipinski definition) is 3. The number of halogens is 1. The van der Waals surface area contributed by atoms with Crippen LogP contribution in [0.25, 0.3) is 0 Å². The lowest BCUT2D eigenvalue weighted by molar-refractivity contribution is -0.135. The zero-order chi connectivity index (χ0) is 14.8. The molecule has 21 heavy (non-hydrogen) atoms. The number of rotatable bonds is 5. The van der Waals surface area contributed by atoms with Crippen molar-refractivity contribution in [3.05, 3.63) is 0 Å². The van der Waals surface area contributed by atoms with E-state index in [-0.39, 0.29) is 41.3 Å². The van der Waals surface area contributed by atoms with Gasteiger partial charge in [-0.1, -0.05) is 33.1 Å². The maximum atomic E-state index is 12.4. The zero-order valence-electron chi connectivity index (χ0n) is 13.6. The molecule has 0 spiro atoms. The number of methoxy groups -OCH3 is 1. The van der Waals surface area contributed by atoms with Gasteiger partial charge in [0.1, 0.15) is 0 Å². The molecule has 0 aromatic carbocycles. The summed E-state index contributed by atoms with van der Waals surface area (Å²) in [7, 11) is 1.75. The predicted octanol–water partition coefficient (Wildman–Crippen LogP) is 2.64. The lowest BCUT2D eigenvalue weighted by Crippen LogP contribution is -2.62. The first-order valence-corrected chi connectivity index (χ1v) is 7.96. The Bertz CT molecular complexity index is 354. The molecule has 2 aliphatic rings. The molecule has 5 heteroatoms. The second-order valence-corrected chi connectivity index (χ2v) is 7.34. The molecule has 124 valence electrons. The van der Waals surface area contributed by atoms with E-state index in [1.165, 1.54) is 19.3 Å². The summed E-state index contributed by atoms with van der Waals surface area (Å²) >= 11 is 0. The van der Waals surface area contributed by atoms with Crippen molar-refractivity contribution >= 4 is 18.3 Å². The summed E-state index contributed by atoms with van der Waals surface area (Å²) in [6.45, 7) is 4.96. The molecule has 0 saturated heterocycles. The molecular weight excluding hydrogens is 288 g/mol. The van der Waals surface area contributed by atoms with Crippen LogP contribution >= 0.6 is 12.4 Å². The molecule has 3 N–H and O–H groups in total. The van der Waals surface area contributed by atoms with Gasteiger partial charge in [0.25, 0.3) is 0 Å². The molecule has 2 rings (SSSR count). The first-order valence-electron chi connectivity index (χ1n) is 7.96. The number of amides is 1. The van der Waals surface area contributed by atoms with Crippen LogP contribution < -0.4 is 11.1 Å². The second kappa shape index (κ2) is 7.30. The molecule has 4 nitrogen and oxygen atoms in total. The van der Waals surface area contributed by atoms with Gasteiger partial charge in [0, 0.05) is 25.0 Å². The topological polar surface area (TPSA) is 64.3 Å². The minimum atomic E-state index is 0. The molecule has 0 aromatic heterocycles. The van der Waals surface area contributed by atoms with Gasteiger partial charge in [-0.25, -0.2) is 0 Å². The maximum Gasteiger partial charge on any atom is 0.220 e. The Morgan fingerprint density at radius 3 is 2.38 bits per heavy atom. The molecule has 2 atom stereocenters. The van der Waals surface area contributed by atoms with Crippen LogP contribution in [0.15, 0.2) is 0 Å². The summed E-state index contributed by atoms with van der Waals surface area (Å²) in [6, 6.07) is 0.235. The van der Waals surface area contributed by atoms with Crippen LogP contribution in [-0.4, -0.2) is 31.7 Å². The molecular formula is C16H31ClN2O2. The Balaban J connectivity index is 0.00000220. The standard InChI is InChI=1S/C16H30N2O2.ClH/c1-15(2)12(9-13(15)20-3)18-14(19)10-16(11-17)7-5-4-6-8-16;/h12-13H,4-11,17H2,1-3H3,(H,18,19);1H. The van der Waals surface area contributed by atoms with Crippen LogP contribution in [0.4, 0.5) is 0 Å². The number of ether oxygens (including phenoxy) is 1. The minimum Gasteiger partial charge on any atom is -0.381 e. The number of carbonyl (C=O) groups is 1. The van der Waals surface area contributed by atoms with Gasteiger partial charge >= 0.3 is 0 Å². The molecule has 0 bridgehead atoms. The van der Waals surface area contributed by atoms with Crippen molar-refractivity contribution < 1.29 is 9.53 Å². The van der Waals surface area contributed by atoms with Gasteiger partial charge in [-0.05, 0) is 31.2 Å². The molecule has 0 radical (unpaired) electrons. The van der Waals surface area contributed by atoms with Crippen LogP contribution in [0, 0.1) is 10.8 Å². The van der Waals surface area contributed by atoms with Crippen LogP contribution in [0.2, 0.25) is 0 Å². The van der Waals surface area contributed by atoms with Gasteiger partial charge in [-0.2, -0.15) is 0 Å². The number of hydrogen-bond donors (Lipinski definition) is 2. The third-order valence-corrected chi connectivity index (χ3v) is 5.68. The molecule has 0 aliphatic heterocycles. The average Bonchev–Trinajstić information content (AvgIpc) is 2.44. The molecule has 1 amide bonds. The smallest absolute Gasteiger partial charge is 0.220 e. The summed E-state index contributed by atoms with van der Waals surface area (Å²) < 4.78 is 5.43. The summed E-state index contributed by atoms with van der Waals surface area (Å²) in [5, 5.41) is 3.20. The van der Waals surface area contributed by atoms with Crippen LogP contribution in [0.1, 0.15) is 58.8 Å². The number of nitrogens with two attached hydrogens (primary N) is 1. The Morgan fingerprint density at radius 1 is 1.29 bits per heavy atom. The highest BCUT2D eigenvalue weighted by Gasteiger charge is 2.49. The normalized spacial score (nSPS) is 29.9. The summed E-state index contributed by atoms with van der Waals surface area (Å²) in [4.78, 5) is 12.4. The Hall–Kier alpha value is -0.320. The highest BCUT2D eigenvalue weighted by atomic mass is 35.5. The fraction of sp³-hybridized carbons (Fsp3) is 0.938. The number of carbonyl (C=O) groups excluding carboxylic acids is 1. The van der Waals surface area contributed by atoms with Gasteiger partial charge in [-0.3, -0.25) is 4.79 Å². The Kier molecular flexibility index (Phi) is 6.51. The van der Waals surface area contributed by atoms with E-state index in [4.69, 9.17) is 10.5 Å². The van der Waals surface area contributed by atoms with E-state index in [1.54, 1.807) is 7.11 Å². The monoisotopic (exact) mass is 318 g/mol. The summed E-state index contributed by atoms with van der Waals surface area (Å²) in [5.74, 6) is 0.171. The van der Waals surface area contributed by atoms with E-state index in [0.29, 0.717) is 13.0 Å². The first-order chi connectivity index (χ1) is 9.43. The summed E-state index contributed by atoms with van der Waals surface area (Å²) in [6.07, 6.45) is 7.69. The second-order valence-electron chi connectivity index (χ2n) is 7.34. The van der Waals surface area contributed by atoms with E-state index in [0.717, 1.165) is 19.3 Å². The van der Waals surface area contributed by atoms with Gasteiger partial charge in [0.05, 0.1) is 6.10 Å². The average molecular weight is 319 g/mol. The van der Waals surface area contributed by atoms with Crippen molar-refractivity contribution in [1.82, 2.24) is 5.32 Å². The molecule has 0 aromatic rings. The van der Waals surface area contributed by atoms with Crippen LogP contribution in [-0.2, 0) is 9.53 Å². The van der Waals surface area contributed by atoms with Gasteiger partial charge in [0.2, 0.25) is 5.91 Å². The third-order valence-electron chi connectivity index (χ3n) is 5.68. The first kappa shape index (κ1) is 18.7. The van der Waals surface area contributed by atoms with Crippen molar-refractivity contribution in [2.75, 3.05) is 13.7 Å². The van der Waals surface area contributed by atoms with Crippen molar-refractivity contribution in [3.8, 4) is 0 Å². The fourth-order valence-corrected chi connectivity index (χ4v) is 3.87. The third kappa shape index (κ3) is 3.91. The number of nitrogens with one attached hydrogen (secondary N) is 1. The SMILES string of the molecule is COC1CC(NC(=O)CC2(CN)CCCCC2)C1(C)C.Cl. The van der Waals surface area contributed by atoms with E-state index < -0.39 is 0 Å². The van der Waals surface area contributed by atoms with Crippen LogP contribution in [0.3, 0.4) is 0 Å².